The van der Waals surface area contributed by atoms with E-state index in [2.05, 4.69) is 26.6 Å². The van der Waals surface area contributed by atoms with Crippen LogP contribution >= 0.6 is 0 Å². The molecule has 0 bridgehead atoms. The van der Waals surface area contributed by atoms with E-state index in [4.69, 9.17) is 0 Å². The average Bonchev–Trinajstić information content (AvgIpc) is 3.27. The highest BCUT2D eigenvalue weighted by molar-refractivity contribution is 6.38. The molecule has 2 fully saturated rings. The van der Waals surface area contributed by atoms with E-state index in [1.165, 1.54) is 4.90 Å². The second-order valence-corrected chi connectivity index (χ2v) is 15.2. The molecule has 2 aliphatic rings. The predicted octanol–water partition coefficient (Wildman–Crippen LogP) is 2.27. The molecule has 1 aromatic carbocycles. The minimum absolute atomic E-state index is 0.0780. The molecular formula is C34H52N6O6. The first-order chi connectivity index (χ1) is 21.3. The summed E-state index contributed by atoms with van der Waals surface area (Å²) in [4.78, 5) is 80.6. The van der Waals surface area contributed by atoms with Crippen LogP contribution in [-0.2, 0) is 30.5 Å². The summed E-state index contributed by atoms with van der Waals surface area (Å²) in [7, 11) is 0. The smallest absolute Gasteiger partial charge is 0.315 e. The molecule has 1 heterocycles. The molecule has 0 spiro atoms. The van der Waals surface area contributed by atoms with Crippen molar-refractivity contribution in [1.29, 1.82) is 0 Å². The van der Waals surface area contributed by atoms with Crippen molar-refractivity contribution in [3.05, 3.63) is 35.9 Å². The number of piperidine rings is 1. The largest absolute Gasteiger partial charge is 0.350 e. The molecule has 12 heteroatoms. The topological polar surface area (TPSA) is 166 Å². The third kappa shape index (κ3) is 9.07. The van der Waals surface area contributed by atoms with Crippen molar-refractivity contribution in [2.24, 2.45) is 22.7 Å². The van der Waals surface area contributed by atoms with Crippen molar-refractivity contribution >= 4 is 35.4 Å². The number of hydrogen-bond acceptors (Lipinski definition) is 6. The van der Waals surface area contributed by atoms with Crippen molar-refractivity contribution in [2.75, 3.05) is 13.1 Å². The Morgan fingerprint density at radius 3 is 2.13 bits per heavy atom. The van der Waals surface area contributed by atoms with Gasteiger partial charge in [-0.2, -0.15) is 0 Å². The van der Waals surface area contributed by atoms with Crippen LogP contribution in [0.2, 0.25) is 0 Å². The van der Waals surface area contributed by atoms with Crippen LogP contribution in [0.4, 0.5) is 4.79 Å². The van der Waals surface area contributed by atoms with E-state index >= 15 is 0 Å². The molecule has 5 atom stereocenters. The van der Waals surface area contributed by atoms with E-state index < -0.39 is 65.2 Å². The highest BCUT2D eigenvalue weighted by Gasteiger charge is 2.69. The Hall–Kier alpha value is -3.96. The van der Waals surface area contributed by atoms with Gasteiger partial charge in [0.15, 0.2) is 0 Å². The Morgan fingerprint density at radius 2 is 1.57 bits per heavy atom. The fraction of sp³-hybridized carbons (Fsp3) is 0.647. The van der Waals surface area contributed by atoms with E-state index in [9.17, 15) is 28.8 Å². The van der Waals surface area contributed by atoms with E-state index in [1.807, 2.05) is 92.6 Å². The maximum Gasteiger partial charge on any atom is 0.315 e. The molecule has 1 aliphatic heterocycles. The van der Waals surface area contributed by atoms with Crippen molar-refractivity contribution in [3.63, 3.8) is 0 Å². The van der Waals surface area contributed by atoms with Gasteiger partial charge in [0.2, 0.25) is 23.5 Å². The van der Waals surface area contributed by atoms with Gasteiger partial charge in [-0.25, -0.2) is 4.79 Å². The zero-order chi connectivity index (χ0) is 34.6. The van der Waals surface area contributed by atoms with Gasteiger partial charge >= 0.3 is 6.03 Å². The molecular weight excluding hydrogens is 588 g/mol. The Balaban J connectivity index is 1.70. The number of benzene rings is 1. The number of nitrogens with zero attached hydrogens (tertiary/aromatic N) is 1. The van der Waals surface area contributed by atoms with Crippen molar-refractivity contribution < 1.29 is 28.8 Å². The SMILES string of the molecule is CCCC(NC(=O)C1C2C(CN1C(=O)[C@@H](NC(=O)NC(C)(C)C)C(C)(C)C)C2(C)C)C(=O)C(=O)NCC(=O)NCc1ccccc1. The molecule has 1 saturated carbocycles. The van der Waals surface area contributed by atoms with Gasteiger partial charge in [0.1, 0.15) is 12.1 Å². The van der Waals surface area contributed by atoms with Gasteiger partial charge < -0.3 is 31.5 Å². The van der Waals surface area contributed by atoms with Gasteiger partial charge in [0, 0.05) is 18.6 Å². The second-order valence-electron chi connectivity index (χ2n) is 15.2. The van der Waals surface area contributed by atoms with Gasteiger partial charge in [-0.3, -0.25) is 24.0 Å². The van der Waals surface area contributed by atoms with Gasteiger partial charge in [0.05, 0.1) is 12.6 Å². The van der Waals surface area contributed by atoms with Crippen LogP contribution < -0.4 is 26.6 Å². The molecule has 0 aromatic heterocycles. The van der Waals surface area contributed by atoms with Gasteiger partial charge in [-0.15, -0.1) is 0 Å². The molecule has 1 aromatic rings. The lowest BCUT2D eigenvalue weighted by molar-refractivity contribution is -0.145. The number of hydrogen-bond donors (Lipinski definition) is 5. The predicted molar refractivity (Wildman–Crippen MR) is 174 cm³/mol. The third-order valence-electron chi connectivity index (χ3n) is 8.81. The minimum Gasteiger partial charge on any atom is -0.350 e. The number of urea groups is 1. The zero-order valence-electron chi connectivity index (χ0n) is 28.7. The standard InChI is InChI=1S/C34H52N6O6/c1-10-14-22(26(42)29(44)36-18-23(41)35-17-20-15-12-11-13-16-20)37-28(43)25-24-21(34(24,8)9)19-40(25)30(45)27(32(2,3)4)38-31(46)39-33(5,6)7/h11-13,15-16,21-22,24-25,27H,10,14,17-19H2,1-9H3,(H,35,41)(H,36,44)(H,37,43)(H2,38,39,46)/t21?,22?,24?,25?,27-/m1/s1. The number of Topliss-reactive ketones (excluding diaryl/α,β-unsaturated/α-hetero) is 1. The lowest BCUT2D eigenvalue weighted by atomic mass is 9.85. The number of carbonyl (C=O) groups excluding carboxylic acids is 6. The molecule has 3 rings (SSSR count). The van der Waals surface area contributed by atoms with Crippen LogP contribution in [0.15, 0.2) is 30.3 Å². The molecule has 12 nitrogen and oxygen atoms in total. The Labute approximate surface area is 272 Å². The highest BCUT2D eigenvalue weighted by Crippen LogP contribution is 2.65. The van der Waals surface area contributed by atoms with Crippen LogP contribution in [0.1, 0.15) is 80.7 Å². The molecule has 1 aliphatic carbocycles. The first-order valence-electron chi connectivity index (χ1n) is 16.1. The van der Waals surface area contributed by atoms with Crippen LogP contribution in [0.25, 0.3) is 0 Å². The fourth-order valence-electron chi connectivity index (χ4n) is 6.22. The van der Waals surface area contributed by atoms with Crippen LogP contribution in [0.3, 0.4) is 0 Å². The number of amides is 6. The Bertz CT molecular complexity index is 1320. The summed E-state index contributed by atoms with van der Waals surface area (Å²) < 4.78 is 0. The minimum atomic E-state index is -1.13. The molecule has 254 valence electrons. The summed E-state index contributed by atoms with van der Waals surface area (Å²) in [6.07, 6.45) is 0.709. The molecule has 4 unspecified atom stereocenters. The number of rotatable bonds is 12. The second kappa shape index (κ2) is 14.2. The maximum atomic E-state index is 14.1. The summed E-state index contributed by atoms with van der Waals surface area (Å²) in [5.74, 6) is -3.24. The van der Waals surface area contributed by atoms with Crippen LogP contribution in [0.5, 0.6) is 0 Å². The number of carbonyl (C=O) groups is 6. The quantitative estimate of drug-likeness (QED) is 0.220. The van der Waals surface area contributed by atoms with Gasteiger partial charge in [-0.05, 0) is 55.4 Å². The highest BCUT2D eigenvalue weighted by atomic mass is 16.2. The van der Waals surface area contributed by atoms with Crippen molar-refractivity contribution in [2.45, 2.75) is 105 Å². The van der Waals surface area contributed by atoms with Crippen molar-refractivity contribution in [3.8, 4) is 0 Å². The number of nitrogens with one attached hydrogen (secondary N) is 5. The van der Waals surface area contributed by atoms with Crippen LogP contribution in [0, 0.1) is 22.7 Å². The maximum absolute atomic E-state index is 14.1. The summed E-state index contributed by atoms with van der Waals surface area (Å²) in [5, 5.41) is 13.5. The summed E-state index contributed by atoms with van der Waals surface area (Å²) >= 11 is 0. The Morgan fingerprint density at radius 1 is 0.935 bits per heavy atom. The number of fused-ring (bicyclic) bond motifs is 1. The normalized spacial score (nSPS) is 21.2. The van der Waals surface area contributed by atoms with Crippen LogP contribution in [-0.4, -0.2) is 77.1 Å². The molecule has 0 radical (unpaired) electrons. The van der Waals surface area contributed by atoms with Crippen molar-refractivity contribution in [1.82, 2.24) is 31.5 Å². The molecule has 46 heavy (non-hydrogen) atoms. The summed E-state index contributed by atoms with van der Waals surface area (Å²) in [6.45, 7) is 17.2. The summed E-state index contributed by atoms with van der Waals surface area (Å²) in [5.41, 5.74) is -0.484. The molecule has 1 saturated heterocycles. The fourth-order valence-corrected chi connectivity index (χ4v) is 6.22. The number of ketones is 1. The first kappa shape index (κ1) is 36.5. The number of likely N-dealkylation sites (tertiary alicyclic amines) is 1. The monoisotopic (exact) mass is 640 g/mol. The molecule has 6 amide bonds. The van der Waals surface area contributed by atoms with E-state index in [0.29, 0.717) is 13.0 Å². The first-order valence-corrected chi connectivity index (χ1v) is 16.1. The zero-order valence-corrected chi connectivity index (χ0v) is 28.7. The lowest BCUT2D eigenvalue weighted by Gasteiger charge is -2.38. The van der Waals surface area contributed by atoms with E-state index in [0.717, 1.165) is 5.56 Å². The third-order valence-corrected chi connectivity index (χ3v) is 8.81. The van der Waals surface area contributed by atoms with Gasteiger partial charge in [-0.1, -0.05) is 78.3 Å². The van der Waals surface area contributed by atoms with E-state index in [-0.39, 0.29) is 36.1 Å². The summed E-state index contributed by atoms with van der Waals surface area (Å²) in [6, 6.07) is 5.87. The van der Waals surface area contributed by atoms with Gasteiger partial charge in [0.25, 0.3) is 5.91 Å². The van der Waals surface area contributed by atoms with E-state index in [1.54, 1.807) is 0 Å². The Kier molecular flexibility index (Phi) is 11.3. The average molecular weight is 641 g/mol. The molecule has 5 N–H and O–H groups in total. The lowest BCUT2D eigenvalue weighted by Crippen LogP contribution is -2.62.